The van der Waals surface area contributed by atoms with Gasteiger partial charge < -0.3 is 4.90 Å². The van der Waals surface area contributed by atoms with Crippen LogP contribution in [0.1, 0.15) is 10.4 Å². The second kappa shape index (κ2) is 6.43. The van der Waals surface area contributed by atoms with Crippen LogP contribution in [0, 0.1) is 0 Å². The molecule has 0 bridgehead atoms. The van der Waals surface area contributed by atoms with E-state index in [9.17, 15) is 18.0 Å². The molecular formula is C11H10BrClF3NO. The molecule has 0 aliphatic carbocycles. The zero-order chi connectivity index (χ0) is 13.8. The summed E-state index contributed by atoms with van der Waals surface area (Å²) >= 11 is 8.56. The molecule has 0 spiro atoms. The Labute approximate surface area is 116 Å². The van der Waals surface area contributed by atoms with Gasteiger partial charge in [-0.2, -0.15) is 13.2 Å². The van der Waals surface area contributed by atoms with Crippen molar-refractivity contribution in [3.63, 3.8) is 0 Å². The highest BCUT2D eigenvalue weighted by Crippen LogP contribution is 2.21. The molecule has 0 saturated heterocycles. The minimum absolute atomic E-state index is 0.0493. The van der Waals surface area contributed by atoms with Crippen LogP contribution in [0.4, 0.5) is 13.2 Å². The number of hydrogen-bond acceptors (Lipinski definition) is 1. The third kappa shape index (κ3) is 4.49. The normalized spacial score (nSPS) is 11.4. The van der Waals surface area contributed by atoms with Gasteiger partial charge in [0.15, 0.2) is 0 Å². The number of carbonyl (C=O) groups is 1. The van der Waals surface area contributed by atoms with Gasteiger partial charge in [0.05, 0.1) is 5.56 Å². The summed E-state index contributed by atoms with van der Waals surface area (Å²) in [5.41, 5.74) is 0.187. The number of alkyl halides is 4. The molecule has 0 aliphatic rings. The molecule has 100 valence electrons. The first-order chi connectivity index (χ1) is 8.35. The lowest BCUT2D eigenvalue weighted by Crippen LogP contribution is -2.40. The summed E-state index contributed by atoms with van der Waals surface area (Å²) in [7, 11) is 0. The van der Waals surface area contributed by atoms with Gasteiger partial charge in [0.25, 0.3) is 5.91 Å². The van der Waals surface area contributed by atoms with Crippen LogP contribution < -0.4 is 0 Å². The van der Waals surface area contributed by atoms with Crippen LogP contribution in [0.5, 0.6) is 0 Å². The van der Waals surface area contributed by atoms with Crippen molar-refractivity contribution in [1.82, 2.24) is 4.90 Å². The van der Waals surface area contributed by atoms with Crippen LogP contribution in [0.2, 0.25) is 0 Å². The van der Waals surface area contributed by atoms with Gasteiger partial charge in [-0.15, -0.1) is 11.6 Å². The number of nitrogens with zero attached hydrogens (tertiary/aromatic N) is 1. The van der Waals surface area contributed by atoms with Crippen LogP contribution in [0.3, 0.4) is 0 Å². The van der Waals surface area contributed by atoms with Crippen LogP contribution in [0.25, 0.3) is 0 Å². The molecule has 0 N–H and O–H groups in total. The largest absolute Gasteiger partial charge is 0.406 e. The van der Waals surface area contributed by atoms with Gasteiger partial charge in [-0.1, -0.05) is 12.1 Å². The highest BCUT2D eigenvalue weighted by molar-refractivity contribution is 9.10. The lowest BCUT2D eigenvalue weighted by molar-refractivity contribution is -0.140. The predicted octanol–water partition coefficient (Wildman–Crippen LogP) is 3.69. The number of rotatable bonds is 4. The minimum atomic E-state index is -4.44. The summed E-state index contributed by atoms with van der Waals surface area (Å²) in [6.45, 7) is -1.46. The van der Waals surface area contributed by atoms with Gasteiger partial charge in [0.2, 0.25) is 0 Å². The van der Waals surface area contributed by atoms with E-state index in [0.29, 0.717) is 9.37 Å². The van der Waals surface area contributed by atoms with E-state index in [-0.39, 0.29) is 18.0 Å². The molecule has 0 atom stereocenters. The Morgan fingerprint density at radius 3 is 2.44 bits per heavy atom. The molecule has 0 heterocycles. The van der Waals surface area contributed by atoms with Crippen LogP contribution in [-0.4, -0.2) is 36.0 Å². The third-order valence-corrected chi connectivity index (χ3v) is 2.98. The molecule has 7 heteroatoms. The van der Waals surface area contributed by atoms with Crippen molar-refractivity contribution < 1.29 is 18.0 Å². The standard InChI is InChI=1S/C11H10BrClF3NO/c12-9-4-2-1-3-8(9)10(18)17(6-5-13)7-11(14,15)16/h1-4H,5-7H2. The van der Waals surface area contributed by atoms with Crippen molar-refractivity contribution in [3.8, 4) is 0 Å². The smallest absolute Gasteiger partial charge is 0.328 e. The van der Waals surface area contributed by atoms with Gasteiger partial charge in [-0.05, 0) is 28.1 Å². The molecule has 0 radical (unpaired) electrons. The first kappa shape index (κ1) is 15.3. The Morgan fingerprint density at radius 1 is 1.33 bits per heavy atom. The van der Waals surface area contributed by atoms with Crippen LogP contribution in [0.15, 0.2) is 28.7 Å². The van der Waals surface area contributed by atoms with Gasteiger partial charge in [-0.25, -0.2) is 0 Å². The number of carbonyl (C=O) groups excluding carboxylic acids is 1. The Hall–Kier alpha value is -0.750. The topological polar surface area (TPSA) is 20.3 Å². The maximum Gasteiger partial charge on any atom is 0.406 e. The Morgan fingerprint density at radius 2 is 1.94 bits per heavy atom. The van der Waals surface area contributed by atoms with Crippen LogP contribution >= 0.6 is 27.5 Å². The van der Waals surface area contributed by atoms with E-state index in [2.05, 4.69) is 15.9 Å². The maximum absolute atomic E-state index is 12.4. The van der Waals surface area contributed by atoms with E-state index in [0.717, 1.165) is 0 Å². The molecule has 2 nitrogen and oxygen atoms in total. The fourth-order valence-corrected chi connectivity index (χ4v) is 2.03. The second-order valence-corrected chi connectivity index (χ2v) is 4.74. The number of hydrogen-bond donors (Lipinski definition) is 0. The molecule has 0 unspecified atom stereocenters. The summed E-state index contributed by atoms with van der Waals surface area (Å²) in [5.74, 6) is -0.743. The average Bonchev–Trinajstić information content (AvgIpc) is 2.26. The van der Waals surface area contributed by atoms with E-state index in [1.165, 1.54) is 6.07 Å². The van der Waals surface area contributed by atoms with Crippen molar-refractivity contribution >= 4 is 33.4 Å². The zero-order valence-electron chi connectivity index (χ0n) is 9.18. The highest BCUT2D eigenvalue weighted by Gasteiger charge is 2.33. The fourth-order valence-electron chi connectivity index (χ4n) is 1.38. The predicted molar refractivity (Wildman–Crippen MR) is 66.8 cm³/mol. The summed E-state index contributed by atoms with van der Waals surface area (Å²) < 4.78 is 37.5. The molecular weight excluding hydrogens is 334 g/mol. The van der Waals surface area contributed by atoms with Crippen molar-refractivity contribution in [2.75, 3.05) is 19.0 Å². The SMILES string of the molecule is O=C(c1ccccc1Br)N(CCCl)CC(F)(F)F. The molecule has 1 amide bonds. The van der Waals surface area contributed by atoms with Crippen molar-refractivity contribution in [2.24, 2.45) is 0 Å². The molecule has 0 aliphatic heterocycles. The number of halogens is 5. The van der Waals surface area contributed by atoms with Crippen molar-refractivity contribution in [3.05, 3.63) is 34.3 Å². The molecule has 1 aromatic rings. The Kier molecular flexibility index (Phi) is 5.47. The zero-order valence-corrected chi connectivity index (χ0v) is 11.5. The summed E-state index contributed by atoms with van der Waals surface area (Å²) in [6.07, 6.45) is -4.44. The van der Waals surface area contributed by atoms with Crippen molar-refractivity contribution in [2.45, 2.75) is 6.18 Å². The summed E-state index contributed by atoms with van der Waals surface area (Å²) in [5, 5.41) is 0. The first-order valence-corrected chi connectivity index (χ1v) is 6.34. The number of amides is 1. The monoisotopic (exact) mass is 343 g/mol. The molecule has 0 fully saturated rings. The maximum atomic E-state index is 12.4. The quantitative estimate of drug-likeness (QED) is 0.763. The molecule has 0 aromatic heterocycles. The van der Waals surface area contributed by atoms with E-state index in [1.807, 2.05) is 0 Å². The van der Waals surface area contributed by atoms with E-state index in [4.69, 9.17) is 11.6 Å². The molecule has 1 rings (SSSR count). The van der Waals surface area contributed by atoms with Gasteiger partial charge >= 0.3 is 6.18 Å². The second-order valence-electron chi connectivity index (χ2n) is 3.51. The highest BCUT2D eigenvalue weighted by atomic mass is 79.9. The summed E-state index contributed by atoms with van der Waals surface area (Å²) in [4.78, 5) is 12.7. The van der Waals surface area contributed by atoms with Crippen molar-refractivity contribution in [1.29, 1.82) is 0 Å². The molecule has 18 heavy (non-hydrogen) atoms. The fraction of sp³-hybridized carbons (Fsp3) is 0.364. The average molecular weight is 345 g/mol. The number of benzene rings is 1. The minimum Gasteiger partial charge on any atom is -0.328 e. The Balaban J connectivity index is 2.93. The molecule has 0 saturated carbocycles. The van der Waals surface area contributed by atoms with E-state index >= 15 is 0 Å². The lowest BCUT2D eigenvalue weighted by Gasteiger charge is -2.23. The van der Waals surface area contributed by atoms with Crippen LogP contribution in [-0.2, 0) is 0 Å². The van der Waals surface area contributed by atoms with E-state index < -0.39 is 18.6 Å². The summed E-state index contributed by atoms with van der Waals surface area (Å²) in [6, 6.07) is 6.32. The van der Waals surface area contributed by atoms with Gasteiger partial charge in [0.1, 0.15) is 6.54 Å². The Bertz CT molecular complexity index is 425. The first-order valence-electron chi connectivity index (χ1n) is 5.01. The van der Waals surface area contributed by atoms with E-state index in [1.54, 1.807) is 18.2 Å². The van der Waals surface area contributed by atoms with Gasteiger partial charge in [0, 0.05) is 16.9 Å². The molecule has 1 aromatic carbocycles. The lowest BCUT2D eigenvalue weighted by atomic mass is 10.2. The van der Waals surface area contributed by atoms with Gasteiger partial charge in [-0.3, -0.25) is 4.79 Å². The third-order valence-electron chi connectivity index (χ3n) is 2.12.